The van der Waals surface area contributed by atoms with Crippen LogP contribution in [0.5, 0.6) is 0 Å². The molecule has 0 amide bonds. The normalized spacial score (nSPS) is 11.2. The Hall–Kier alpha value is -1.66. The highest BCUT2D eigenvalue weighted by Gasteiger charge is 2.08. The topological polar surface area (TPSA) is 51.4 Å². The molecular weight excluding hydrogens is 270 g/mol. The van der Waals surface area contributed by atoms with Crippen molar-refractivity contribution in [1.29, 1.82) is 0 Å². The summed E-state index contributed by atoms with van der Waals surface area (Å²) in [5.41, 5.74) is 1.93. The Balaban J connectivity index is 2.17. The molecule has 0 fully saturated rings. The Morgan fingerprint density at radius 2 is 2.28 bits per heavy atom. The Bertz CT molecular complexity index is 769. The number of halogens is 1. The van der Waals surface area contributed by atoms with Gasteiger partial charge in [-0.3, -0.25) is 0 Å². The minimum atomic E-state index is 0.565. The van der Waals surface area contributed by atoms with Crippen molar-refractivity contribution in [2.75, 3.05) is 0 Å². The molecule has 0 saturated carbocycles. The lowest BCUT2D eigenvalue weighted by molar-refractivity contribution is 0.705. The highest BCUT2D eigenvalue weighted by atomic mass is 35.5. The summed E-state index contributed by atoms with van der Waals surface area (Å²) in [5, 5.41) is 8.60. The molecule has 2 heterocycles. The van der Waals surface area contributed by atoms with Crippen molar-refractivity contribution >= 4 is 34.9 Å². The lowest BCUT2D eigenvalue weighted by atomic mass is 10.3. The summed E-state index contributed by atoms with van der Waals surface area (Å²) in [6.07, 6.45) is 1.67. The number of hydrogen-bond acceptors (Lipinski definition) is 3. The molecule has 1 aromatic carbocycles. The first-order valence-corrected chi connectivity index (χ1v) is 6.15. The van der Waals surface area contributed by atoms with E-state index in [4.69, 9.17) is 23.8 Å². The van der Waals surface area contributed by atoms with E-state index in [-0.39, 0.29) is 0 Å². The van der Waals surface area contributed by atoms with Crippen LogP contribution in [0.15, 0.2) is 24.5 Å². The molecule has 92 valence electrons. The van der Waals surface area contributed by atoms with Gasteiger partial charge in [0.1, 0.15) is 6.33 Å². The number of nitrogens with one attached hydrogen (secondary N) is 1. The Morgan fingerprint density at radius 3 is 3.00 bits per heavy atom. The number of nitrogens with zero attached hydrogens (tertiary/aromatic N) is 4. The van der Waals surface area contributed by atoms with Gasteiger partial charge in [0.15, 0.2) is 10.6 Å². The number of aromatic amines is 1. The second-order valence-electron chi connectivity index (χ2n) is 4.04. The zero-order valence-corrected chi connectivity index (χ0v) is 11.2. The third-order valence-electron chi connectivity index (χ3n) is 2.84. The average Bonchev–Trinajstić information content (AvgIpc) is 2.86. The summed E-state index contributed by atoms with van der Waals surface area (Å²) >= 11 is 11.3. The van der Waals surface area contributed by atoms with E-state index in [2.05, 4.69) is 15.2 Å². The maximum Gasteiger partial charge on any atom is 0.178 e. The number of fused-ring (bicyclic) bond motifs is 1. The zero-order chi connectivity index (χ0) is 12.7. The summed E-state index contributed by atoms with van der Waals surface area (Å²) < 4.78 is 4.47. The van der Waals surface area contributed by atoms with Gasteiger partial charge in [-0.05, 0) is 30.4 Å². The minimum absolute atomic E-state index is 0.565. The van der Waals surface area contributed by atoms with Crippen LogP contribution in [0.4, 0.5) is 0 Å². The fourth-order valence-electron chi connectivity index (χ4n) is 1.87. The fraction of sp³-hybridized carbons (Fsp3) is 0.182. The van der Waals surface area contributed by atoms with Crippen molar-refractivity contribution < 1.29 is 0 Å². The summed E-state index contributed by atoms with van der Waals surface area (Å²) in [6, 6.07) is 5.64. The Morgan fingerprint density at radius 1 is 1.44 bits per heavy atom. The van der Waals surface area contributed by atoms with Gasteiger partial charge in [0, 0.05) is 12.1 Å². The van der Waals surface area contributed by atoms with E-state index in [1.165, 1.54) is 0 Å². The monoisotopic (exact) mass is 279 g/mol. The van der Waals surface area contributed by atoms with Gasteiger partial charge in [0.05, 0.1) is 17.6 Å². The third kappa shape index (κ3) is 1.83. The predicted octanol–water partition coefficient (Wildman–Crippen LogP) is 2.53. The van der Waals surface area contributed by atoms with Gasteiger partial charge in [0.25, 0.3) is 0 Å². The van der Waals surface area contributed by atoms with Crippen molar-refractivity contribution in [3.05, 3.63) is 40.1 Å². The molecule has 0 unspecified atom stereocenters. The van der Waals surface area contributed by atoms with Crippen LogP contribution >= 0.6 is 23.8 Å². The summed E-state index contributed by atoms with van der Waals surface area (Å²) in [6.45, 7) is 0.565. The molecule has 2 aromatic heterocycles. The van der Waals surface area contributed by atoms with E-state index in [9.17, 15) is 0 Å². The molecule has 7 heteroatoms. The fourth-order valence-corrected chi connectivity index (χ4v) is 2.31. The molecule has 3 rings (SSSR count). The van der Waals surface area contributed by atoms with Gasteiger partial charge < -0.3 is 14.1 Å². The number of aryl methyl sites for hydroxylation is 1. The molecule has 0 saturated heterocycles. The summed E-state index contributed by atoms with van der Waals surface area (Å²) in [7, 11) is 1.90. The molecule has 1 N–H and O–H groups in total. The van der Waals surface area contributed by atoms with Crippen LogP contribution in [0.3, 0.4) is 0 Å². The number of H-pyrrole nitrogens is 1. The van der Waals surface area contributed by atoms with E-state index in [0.717, 1.165) is 16.9 Å². The first kappa shape index (κ1) is 11.4. The molecule has 5 nitrogen and oxygen atoms in total. The van der Waals surface area contributed by atoms with Gasteiger partial charge in [0.2, 0.25) is 0 Å². The van der Waals surface area contributed by atoms with E-state index < -0.39 is 0 Å². The maximum atomic E-state index is 6.02. The second-order valence-corrected chi connectivity index (χ2v) is 4.86. The minimum Gasteiger partial charge on any atom is -0.331 e. The van der Waals surface area contributed by atoms with Crippen molar-refractivity contribution in [2.45, 2.75) is 6.54 Å². The highest BCUT2D eigenvalue weighted by Crippen LogP contribution is 2.19. The van der Waals surface area contributed by atoms with Crippen LogP contribution in [-0.2, 0) is 13.6 Å². The summed E-state index contributed by atoms with van der Waals surface area (Å²) in [4.78, 5) is 3.15. The standard InChI is InChI=1S/C11H10ClN5S/c1-16-6-13-15-10(16)5-17-9-4-7(12)2-3-8(9)14-11(17)18/h2-4,6H,5H2,1H3,(H,14,18). The number of imidazole rings is 1. The van der Waals surface area contributed by atoms with Gasteiger partial charge in [-0.2, -0.15) is 0 Å². The van der Waals surface area contributed by atoms with Gasteiger partial charge in [-0.25, -0.2) is 0 Å². The molecule has 0 spiro atoms. The second kappa shape index (κ2) is 4.22. The van der Waals surface area contributed by atoms with Crippen LogP contribution in [-0.4, -0.2) is 24.3 Å². The number of aromatic nitrogens is 5. The van der Waals surface area contributed by atoms with Crippen molar-refractivity contribution in [3.8, 4) is 0 Å². The molecule has 0 aliphatic rings. The van der Waals surface area contributed by atoms with Crippen LogP contribution in [0.1, 0.15) is 5.82 Å². The van der Waals surface area contributed by atoms with Gasteiger partial charge >= 0.3 is 0 Å². The molecule has 18 heavy (non-hydrogen) atoms. The van der Waals surface area contributed by atoms with Gasteiger partial charge in [-0.15, -0.1) is 10.2 Å². The first-order chi connectivity index (χ1) is 8.65. The average molecular weight is 280 g/mol. The molecule has 0 bridgehead atoms. The molecular formula is C11H10ClN5S. The van der Waals surface area contributed by atoms with Crippen molar-refractivity contribution in [3.63, 3.8) is 0 Å². The lowest BCUT2D eigenvalue weighted by Crippen LogP contribution is -2.05. The quantitative estimate of drug-likeness (QED) is 0.734. The van der Waals surface area contributed by atoms with Crippen LogP contribution in [0.25, 0.3) is 11.0 Å². The van der Waals surface area contributed by atoms with E-state index >= 15 is 0 Å². The van der Waals surface area contributed by atoms with E-state index in [1.807, 2.05) is 34.4 Å². The van der Waals surface area contributed by atoms with Crippen molar-refractivity contribution in [1.82, 2.24) is 24.3 Å². The maximum absolute atomic E-state index is 6.02. The molecule has 0 aliphatic carbocycles. The number of hydrogen-bond donors (Lipinski definition) is 1. The van der Waals surface area contributed by atoms with Crippen molar-refractivity contribution in [2.24, 2.45) is 7.05 Å². The summed E-state index contributed by atoms with van der Waals surface area (Å²) in [5.74, 6) is 0.840. The Kier molecular flexibility index (Phi) is 2.68. The number of benzene rings is 1. The van der Waals surface area contributed by atoms with Crippen LogP contribution in [0, 0.1) is 4.77 Å². The van der Waals surface area contributed by atoms with Crippen LogP contribution in [0.2, 0.25) is 5.02 Å². The number of rotatable bonds is 2. The van der Waals surface area contributed by atoms with E-state index in [0.29, 0.717) is 16.3 Å². The molecule has 0 aliphatic heterocycles. The lowest BCUT2D eigenvalue weighted by Gasteiger charge is -2.03. The smallest absolute Gasteiger partial charge is 0.178 e. The highest BCUT2D eigenvalue weighted by molar-refractivity contribution is 7.71. The first-order valence-electron chi connectivity index (χ1n) is 5.36. The molecule has 0 radical (unpaired) electrons. The third-order valence-corrected chi connectivity index (χ3v) is 3.40. The van der Waals surface area contributed by atoms with E-state index in [1.54, 1.807) is 6.33 Å². The van der Waals surface area contributed by atoms with Crippen LogP contribution < -0.4 is 0 Å². The molecule has 0 atom stereocenters. The Labute approximate surface area is 113 Å². The largest absolute Gasteiger partial charge is 0.331 e. The SMILES string of the molecule is Cn1cnnc1Cn1c(=S)[nH]c2ccc(Cl)cc21. The predicted molar refractivity (Wildman–Crippen MR) is 72.2 cm³/mol. The molecule has 3 aromatic rings. The van der Waals surface area contributed by atoms with Gasteiger partial charge in [-0.1, -0.05) is 11.6 Å². The zero-order valence-electron chi connectivity index (χ0n) is 9.59.